The van der Waals surface area contributed by atoms with Crippen molar-refractivity contribution in [3.63, 3.8) is 0 Å². The highest BCUT2D eigenvalue weighted by molar-refractivity contribution is 5.91. The fraction of sp³-hybridized carbons (Fsp3) is 0.333. The Balaban J connectivity index is 1.55. The number of hydrogen-bond donors (Lipinski definition) is 1. The molecule has 2 heterocycles. The molecule has 1 aromatic heterocycles. The monoisotopic (exact) mass is 346 g/mol. The van der Waals surface area contributed by atoms with E-state index in [0.29, 0.717) is 37.4 Å². The van der Waals surface area contributed by atoms with Crippen LogP contribution < -0.4 is 10.5 Å². The lowest BCUT2D eigenvalue weighted by atomic mass is 9.96. The van der Waals surface area contributed by atoms with Crippen LogP contribution in [0.25, 0.3) is 0 Å². The number of primary amides is 1. The van der Waals surface area contributed by atoms with Crippen molar-refractivity contribution in [2.75, 3.05) is 13.1 Å². The first-order valence-electron chi connectivity index (χ1n) is 8.08. The van der Waals surface area contributed by atoms with Crippen LogP contribution in [0.5, 0.6) is 5.75 Å². The number of carbonyl (C=O) groups excluding carboxylic acids is 2. The van der Waals surface area contributed by atoms with Crippen LogP contribution in [0.2, 0.25) is 0 Å². The number of rotatable bonds is 5. The Morgan fingerprint density at radius 2 is 1.84 bits per heavy atom. The second-order valence-corrected chi connectivity index (χ2v) is 5.98. The predicted octanol–water partition coefficient (Wildman–Crippen LogP) is 2.34. The third-order valence-corrected chi connectivity index (χ3v) is 4.25. The maximum absolute atomic E-state index is 12.8. The zero-order valence-electron chi connectivity index (χ0n) is 13.6. The van der Waals surface area contributed by atoms with Crippen LogP contribution in [-0.2, 0) is 11.4 Å². The highest BCUT2D eigenvalue weighted by atomic mass is 19.1. The topological polar surface area (TPSA) is 85.8 Å². The molecular formula is C18H19FN2O4. The number of nitrogens with two attached hydrogens (primary N) is 1. The van der Waals surface area contributed by atoms with Gasteiger partial charge in [0, 0.05) is 19.0 Å². The highest BCUT2D eigenvalue weighted by Crippen LogP contribution is 2.20. The third kappa shape index (κ3) is 4.17. The van der Waals surface area contributed by atoms with Gasteiger partial charge in [-0.2, -0.15) is 0 Å². The molecule has 2 N–H and O–H groups in total. The van der Waals surface area contributed by atoms with Gasteiger partial charge in [-0.25, -0.2) is 4.39 Å². The Morgan fingerprint density at radius 3 is 2.48 bits per heavy atom. The van der Waals surface area contributed by atoms with Gasteiger partial charge in [-0.15, -0.1) is 0 Å². The first-order chi connectivity index (χ1) is 12.0. The van der Waals surface area contributed by atoms with Crippen molar-refractivity contribution < 1.29 is 23.1 Å². The van der Waals surface area contributed by atoms with E-state index in [1.807, 2.05) is 0 Å². The second kappa shape index (κ2) is 7.38. The van der Waals surface area contributed by atoms with E-state index < -0.39 is 0 Å². The molecule has 3 rings (SSSR count). The van der Waals surface area contributed by atoms with Crippen molar-refractivity contribution in [2.24, 2.45) is 11.7 Å². The number of carbonyl (C=O) groups is 2. The van der Waals surface area contributed by atoms with Gasteiger partial charge < -0.3 is 19.8 Å². The molecule has 1 saturated heterocycles. The summed E-state index contributed by atoms with van der Waals surface area (Å²) in [6.07, 6.45) is 1.14. The predicted molar refractivity (Wildman–Crippen MR) is 87.3 cm³/mol. The summed E-state index contributed by atoms with van der Waals surface area (Å²) in [6.45, 7) is 1.10. The average Bonchev–Trinajstić information content (AvgIpc) is 3.10. The lowest BCUT2D eigenvalue weighted by molar-refractivity contribution is -0.123. The van der Waals surface area contributed by atoms with Crippen molar-refractivity contribution in [3.8, 4) is 5.75 Å². The van der Waals surface area contributed by atoms with Crippen LogP contribution in [0.4, 0.5) is 4.39 Å². The molecule has 2 aromatic rings. The summed E-state index contributed by atoms with van der Waals surface area (Å²) in [5, 5.41) is 0. The third-order valence-electron chi connectivity index (χ3n) is 4.25. The largest absolute Gasteiger partial charge is 0.486 e. The second-order valence-electron chi connectivity index (χ2n) is 5.98. The number of nitrogens with zero attached hydrogens (tertiary/aromatic N) is 1. The fourth-order valence-electron chi connectivity index (χ4n) is 2.78. The molecule has 132 valence electrons. The molecule has 0 atom stereocenters. The van der Waals surface area contributed by atoms with Crippen molar-refractivity contribution in [1.82, 2.24) is 4.90 Å². The van der Waals surface area contributed by atoms with Gasteiger partial charge in [0.25, 0.3) is 5.91 Å². The fourth-order valence-corrected chi connectivity index (χ4v) is 2.78. The summed E-state index contributed by atoms with van der Waals surface area (Å²) in [7, 11) is 0. The number of likely N-dealkylation sites (tertiary alicyclic amines) is 1. The normalized spacial score (nSPS) is 15.2. The van der Waals surface area contributed by atoms with Crippen molar-refractivity contribution in [2.45, 2.75) is 19.4 Å². The minimum Gasteiger partial charge on any atom is -0.486 e. The minimum atomic E-state index is -0.335. The van der Waals surface area contributed by atoms with Crippen molar-refractivity contribution in [1.29, 1.82) is 0 Å². The molecule has 1 aliphatic rings. The van der Waals surface area contributed by atoms with E-state index in [0.717, 1.165) is 0 Å². The summed E-state index contributed by atoms with van der Waals surface area (Å²) in [6, 6.07) is 8.93. The van der Waals surface area contributed by atoms with Gasteiger partial charge in [0.15, 0.2) is 5.76 Å². The van der Waals surface area contributed by atoms with Crippen LogP contribution in [0.1, 0.15) is 29.2 Å². The van der Waals surface area contributed by atoms with Gasteiger partial charge in [-0.3, -0.25) is 9.59 Å². The quantitative estimate of drug-likeness (QED) is 0.900. The van der Waals surface area contributed by atoms with Gasteiger partial charge in [0.1, 0.15) is 23.9 Å². The van der Waals surface area contributed by atoms with E-state index in [4.69, 9.17) is 14.9 Å². The van der Waals surface area contributed by atoms with Gasteiger partial charge in [0.05, 0.1) is 0 Å². The van der Waals surface area contributed by atoms with Crippen LogP contribution in [0, 0.1) is 11.7 Å². The van der Waals surface area contributed by atoms with Gasteiger partial charge >= 0.3 is 0 Å². The molecule has 1 fully saturated rings. The molecule has 6 nitrogen and oxygen atoms in total. The number of piperidine rings is 1. The van der Waals surface area contributed by atoms with Crippen LogP contribution in [0.3, 0.4) is 0 Å². The Morgan fingerprint density at radius 1 is 1.16 bits per heavy atom. The first kappa shape index (κ1) is 17.0. The molecule has 0 bridgehead atoms. The molecule has 0 radical (unpaired) electrons. The highest BCUT2D eigenvalue weighted by Gasteiger charge is 2.27. The van der Waals surface area contributed by atoms with Crippen molar-refractivity contribution >= 4 is 11.8 Å². The van der Waals surface area contributed by atoms with Crippen LogP contribution in [-0.4, -0.2) is 29.8 Å². The number of amides is 2. The molecule has 1 aliphatic heterocycles. The molecule has 7 heteroatoms. The van der Waals surface area contributed by atoms with E-state index in [1.54, 1.807) is 17.0 Å². The van der Waals surface area contributed by atoms with E-state index >= 15 is 0 Å². The van der Waals surface area contributed by atoms with Gasteiger partial charge in [-0.1, -0.05) is 0 Å². The SMILES string of the molecule is NC(=O)C1CCN(C(=O)c2ccc(COc3ccc(F)cc3)o2)CC1. The molecule has 1 aromatic carbocycles. The Labute approximate surface area is 144 Å². The molecule has 2 amide bonds. The van der Waals surface area contributed by atoms with Crippen LogP contribution in [0.15, 0.2) is 40.8 Å². The number of halogens is 1. The molecule has 25 heavy (non-hydrogen) atoms. The van der Waals surface area contributed by atoms with E-state index in [1.165, 1.54) is 24.3 Å². The molecule has 0 spiro atoms. The summed E-state index contributed by atoms with van der Waals surface area (Å²) in [5.74, 6) is 0.217. The summed E-state index contributed by atoms with van der Waals surface area (Å²) in [5.41, 5.74) is 5.30. The van der Waals surface area contributed by atoms with E-state index in [-0.39, 0.29) is 35.9 Å². The average molecular weight is 346 g/mol. The lowest BCUT2D eigenvalue weighted by Crippen LogP contribution is -2.41. The van der Waals surface area contributed by atoms with Crippen molar-refractivity contribution in [3.05, 3.63) is 53.7 Å². The first-order valence-corrected chi connectivity index (χ1v) is 8.08. The van der Waals surface area contributed by atoms with Gasteiger partial charge in [0.2, 0.25) is 5.91 Å². The summed E-state index contributed by atoms with van der Waals surface area (Å²) >= 11 is 0. The summed E-state index contributed by atoms with van der Waals surface area (Å²) in [4.78, 5) is 25.3. The Bertz CT molecular complexity index is 749. The zero-order valence-corrected chi connectivity index (χ0v) is 13.6. The maximum atomic E-state index is 12.8. The molecule has 0 aliphatic carbocycles. The smallest absolute Gasteiger partial charge is 0.289 e. The minimum absolute atomic E-state index is 0.142. The Kier molecular flexibility index (Phi) is 5.02. The lowest BCUT2D eigenvalue weighted by Gasteiger charge is -2.29. The Hall–Kier alpha value is -2.83. The number of hydrogen-bond acceptors (Lipinski definition) is 4. The molecule has 0 saturated carbocycles. The van der Waals surface area contributed by atoms with Crippen LogP contribution >= 0.6 is 0 Å². The maximum Gasteiger partial charge on any atom is 0.289 e. The summed E-state index contributed by atoms with van der Waals surface area (Å²) < 4.78 is 23.9. The zero-order chi connectivity index (χ0) is 17.8. The standard InChI is InChI=1S/C18H19FN2O4/c19-13-1-3-14(4-2-13)24-11-15-5-6-16(25-15)18(23)21-9-7-12(8-10-21)17(20)22/h1-6,12H,7-11H2,(H2,20,22). The number of furan rings is 1. The number of ether oxygens (including phenoxy) is 1. The van der Waals surface area contributed by atoms with E-state index in [2.05, 4.69) is 0 Å². The van der Waals surface area contributed by atoms with Gasteiger partial charge in [-0.05, 0) is 49.2 Å². The molecule has 0 unspecified atom stereocenters. The van der Waals surface area contributed by atoms with E-state index in [9.17, 15) is 14.0 Å². The molecular weight excluding hydrogens is 327 g/mol. The number of benzene rings is 1.